The molecule has 0 spiro atoms. The molecule has 0 bridgehead atoms. The summed E-state index contributed by atoms with van der Waals surface area (Å²) in [7, 11) is 0. The summed E-state index contributed by atoms with van der Waals surface area (Å²) in [5, 5.41) is 17.4. The van der Waals surface area contributed by atoms with E-state index in [4.69, 9.17) is 34.4 Å². The number of aliphatic carboxylic acids is 1. The van der Waals surface area contributed by atoms with Crippen molar-refractivity contribution in [2.75, 3.05) is 19.6 Å². The van der Waals surface area contributed by atoms with Crippen molar-refractivity contribution in [3.05, 3.63) is 0 Å². The third-order valence-electron chi connectivity index (χ3n) is 5.78. The fraction of sp³-hybridized carbons (Fsp3) is 0.750. The zero-order chi connectivity index (χ0) is 30.7. The van der Waals surface area contributed by atoms with E-state index in [1.165, 1.54) is 0 Å². The lowest BCUT2D eigenvalue weighted by Gasteiger charge is -2.26. The molecule has 0 aromatic heterocycles. The van der Waals surface area contributed by atoms with Crippen molar-refractivity contribution in [3.8, 4) is 0 Å². The van der Waals surface area contributed by atoms with Gasteiger partial charge in [-0.1, -0.05) is 13.8 Å². The van der Waals surface area contributed by atoms with Crippen LogP contribution in [0.15, 0.2) is 9.98 Å². The summed E-state index contributed by atoms with van der Waals surface area (Å²) in [5.41, 5.74) is 32.7. The summed E-state index contributed by atoms with van der Waals surface area (Å²) >= 11 is 0. The number of rotatable bonds is 21. The maximum absolute atomic E-state index is 13.3. The van der Waals surface area contributed by atoms with Gasteiger partial charge in [-0.2, -0.15) is 0 Å². The summed E-state index contributed by atoms with van der Waals surface area (Å²) in [6.45, 7) is 4.65. The van der Waals surface area contributed by atoms with Gasteiger partial charge in [0.05, 0.1) is 6.04 Å². The summed E-state index contributed by atoms with van der Waals surface area (Å²) in [6, 6.07) is -4.14. The molecule has 0 radical (unpaired) electrons. The van der Waals surface area contributed by atoms with Crippen LogP contribution >= 0.6 is 0 Å². The molecule has 0 aromatic carbocycles. The van der Waals surface area contributed by atoms with Crippen molar-refractivity contribution >= 4 is 35.6 Å². The van der Waals surface area contributed by atoms with Crippen molar-refractivity contribution in [1.29, 1.82) is 0 Å². The highest BCUT2D eigenvalue weighted by Gasteiger charge is 2.30. The minimum absolute atomic E-state index is 0.0159. The third-order valence-corrected chi connectivity index (χ3v) is 5.78. The number of hydrogen-bond donors (Lipinski definition) is 10. The van der Waals surface area contributed by atoms with Crippen LogP contribution in [-0.2, 0) is 19.2 Å². The molecule has 4 atom stereocenters. The largest absolute Gasteiger partial charge is 0.480 e. The predicted molar refractivity (Wildman–Crippen MR) is 154 cm³/mol. The van der Waals surface area contributed by atoms with Crippen LogP contribution in [0, 0.1) is 5.92 Å². The van der Waals surface area contributed by atoms with Gasteiger partial charge in [-0.25, -0.2) is 4.79 Å². The van der Waals surface area contributed by atoms with Gasteiger partial charge in [0.25, 0.3) is 0 Å². The van der Waals surface area contributed by atoms with Crippen LogP contribution < -0.4 is 50.4 Å². The van der Waals surface area contributed by atoms with E-state index < -0.39 is 47.9 Å². The zero-order valence-corrected chi connectivity index (χ0v) is 23.6. The number of aliphatic imine (C=N–C) groups is 2. The number of carbonyl (C=O) groups excluding carboxylic acids is 3. The summed E-state index contributed by atoms with van der Waals surface area (Å²) in [4.78, 5) is 58.5. The van der Waals surface area contributed by atoms with Gasteiger partial charge in [0.15, 0.2) is 11.9 Å². The van der Waals surface area contributed by atoms with Gasteiger partial charge in [-0.15, -0.1) is 0 Å². The number of hydrogen-bond acceptors (Lipinski definition) is 8. The van der Waals surface area contributed by atoms with Gasteiger partial charge in [0.1, 0.15) is 18.1 Å². The number of nitrogens with zero attached hydrogens (tertiary/aromatic N) is 2. The van der Waals surface area contributed by atoms with Crippen LogP contribution in [-0.4, -0.2) is 84.5 Å². The first-order valence-corrected chi connectivity index (χ1v) is 13.5. The topological polar surface area (TPSA) is 305 Å². The fourth-order valence-electron chi connectivity index (χ4n) is 3.70. The minimum Gasteiger partial charge on any atom is -0.480 e. The Morgan fingerprint density at radius 3 is 1.68 bits per heavy atom. The molecule has 0 aliphatic heterocycles. The number of nitrogens with two attached hydrogens (primary N) is 6. The van der Waals surface area contributed by atoms with Crippen molar-refractivity contribution in [2.24, 2.45) is 50.3 Å². The van der Waals surface area contributed by atoms with Gasteiger partial charge in [0.2, 0.25) is 17.7 Å². The van der Waals surface area contributed by atoms with E-state index in [0.29, 0.717) is 38.8 Å². The lowest BCUT2D eigenvalue weighted by molar-refractivity contribution is -0.142. The second-order valence-corrected chi connectivity index (χ2v) is 9.94. The second-order valence-electron chi connectivity index (χ2n) is 9.94. The lowest BCUT2D eigenvalue weighted by Crippen LogP contribution is -2.57. The fourth-order valence-corrected chi connectivity index (χ4v) is 3.70. The van der Waals surface area contributed by atoms with E-state index in [1.807, 2.05) is 13.8 Å². The molecule has 0 fully saturated rings. The number of unbranched alkanes of at least 4 members (excludes halogenated alkanes) is 1. The van der Waals surface area contributed by atoms with Crippen LogP contribution in [0.5, 0.6) is 0 Å². The van der Waals surface area contributed by atoms with Crippen LogP contribution in [0.4, 0.5) is 0 Å². The summed E-state index contributed by atoms with van der Waals surface area (Å²) in [5.74, 6) is -3.18. The highest BCUT2D eigenvalue weighted by molar-refractivity contribution is 5.94. The SMILES string of the molecule is CC(C)CC(NC(=O)C(N)CCCN=C(N)N)C(=O)NC(CCCN=C(N)N)C(=O)NC(CCCCN)C(=O)O. The first-order chi connectivity index (χ1) is 18.8. The Hall–Kier alpha value is -3.66. The Balaban J connectivity index is 5.55. The number of amides is 3. The molecule has 0 rings (SSSR count). The standard InChI is InChI=1S/C24H49N11O5/c1-14(2)13-18(35-19(36)15(26)7-5-11-31-23(27)28)21(38)33-16(9-6-12-32-24(29)30)20(37)34-17(22(39)40)8-3-4-10-25/h14-18H,3-13,25-26H2,1-2H3,(H,33,38)(H,34,37)(H,35,36)(H,39,40)(H4,27,28,31)(H4,29,30,32). The van der Waals surface area contributed by atoms with Gasteiger partial charge in [0, 0.05) is 13.1 Å². The highest BCUT2D eigenvalue weighted by atomic mass is 16.4. The van der Waals surface area contributed by atoms with Gasteiger partial charge in [-0.3, -0.25) is 24.4 Å². The second kappa shape index (κ2) is 20.3. The number of carbonyl (C=O) groups is 4. The molecule has 0 heterocycles. The summed E-state index contributed by atoms with van der Waals surface area (Å²) in [6.07, 6.45) is 2.75. The van der Waals surface area contributed by atoms with E-state index in [2.05, 4.69) is 25.9 Å². The molecular formula is C24H49N11O5. The van der Waals surface area contributed by atoms with E-state index in [-0.39, 0.29) is 50.1 Å². The molecule has 0 saturated heterocycles. The molecule has 0 aromatic rings. The quantitative estimate of drug-likeness (QED) is 0.0379. The van der Waals surface area contributed by atoms with Crippen molar-refractivity contribution in [1.82, 2.24) is 16.0 Å². The first kappa shape index (κ1) is 36.3. The highest BCUT2D eigenvalue weighted by Crippen LogP contribution is 2.09. The predicted octanol–water partition coefficient (Wildman–Crippen LogP) is -2.87. The molecule has 16 nitrogen and oxygen atoms in total. The molecule has 16 N–H and O–H groups in total. The number of carboxylic acids is 1. The Labute approximate surface area is 235 Å². The summed E-state index contributed by atoms with van der Waals surface area (Å²) < 4.78 is 0. The number of carboxylic acid groups (broad SMARTS) is 1. The Morgan fingerprint density at radius 2 is 1.18 bits per heavy atom. The maximum atomic E-state index is 13.3. The maximum Gasteiger partial charge on any atom is 0.326 e. The molecule has 16 heteroatoms. The molecule has 0 aliphatic rings. The molecule has 40 heavy (non-hydrogen) atoms. The van der Waals surface area contributed by atoms with Crippen molar-refractivity contribution in [2.45, 2.75) is 89.4 Å². The molecule has 4 unspecified atom stereocenters. The minimum atomic E-state index is -1.20. The molecule has 0 saturated carbocycles. The first-order valence-electron chi connectivity index (χ1n) is 13.5. The van der Waals surface area contributed by atoms with Crippen molar-refractivity contribution < 1.29 is 24.3 Å². The Morgan fingerprint density at radius 1 is 0.700 bits per heavy atom. The van der Waals surface area contributed by atoms with E-state index >= 15 is 0 Å². The van der Waals surface area contributed by atoms with E-state index in [0.717, 1.165) is 0 Å². The molecule has 3 amide bonds. The van der Waals surface area contributed by atoms with E-state index in [1.54, 1.807) is 0 Å². The Kier molecular flexibility index (Phi) is 18.4. The third kappa shape index (κ3) is 17.0. The monoisotopic (exact) mass is 571 g/mol. The molecule has 230 valence electrons. The van der Waals surface area contributed by atoms with E-state index in [9.17, 15) is 24.3 Å². The zero-order valence-electron chi connectivity index (χ0n) is 23.6. The number of nitrogens with one attached hydrogen (secondary N) is 3. The smallest absolute Gasteiger partial charge is 0.326 e. The van der Waals surface area contributed by atoms with Crippen LogP contribution in [0.3, 0.4) is 0 Å². The average Bonchev–Trinajstić information content (AvgIpc) is 2.86. The van der Waals surface area contributed by atoms with Gasteiger partial charge in [-0.05, 0) is 63.8 Å². The Bertz CT molecular complexity index is 858. The normalized spacial score (nSPS) is 13.8. The van der Waals surface area contributed by atoms with Crippen LogP contribution in [0.25, 0.3) is 0 Å². The van der Waals surface area contributed by atoms with Crippen LogP contribution in [0.2, 0.25) is 0 Å². The molecule has 0 aliphatic carbocycles. The van der Waals surface area contributed by atoms with Gasteiger partial charge < -0.3 is 55.5 Å². The van der Waals surface area contributed by atoms with Crippen LogP contribution in [0.1, 0.15) is 65.2 Å². The number of guanidine groups is 2. The van der Waals surface area contributed by atoms with Crippen molar-refractivity contribution in [3.63, 3.8) is 0 Å². The molecular weight excluding hydrogens is 522 g/mol. The lowest BCUT2D eigenvalue weighted by atomic mass is 10.0. The van der Waals surface area contributed by atoms with Gasteiger partial charge >= 0.3 is 5.97 Å². The average molecular weight is 572 g/mol.